The normalized spacial score (nSPS) is 23.8. The molecule has 100 valence electrons. The average molecular weight is 256 g/mol. The van der Waals surface area contributed by atoms with Crippen LogP contribution in [0.15, 0.2) is 30.5 Å². The van der Waals surface area contributed by atoms with Gasteiger partial charge in [-0.2, -0.15) is 0 Å². The van der Waals surface area contributed by atoms with Crippen molar-refractivity contribution in [2.75, 3.05) is 6.54 Å². The Morgan fingerprint density at radius 1 is 1.32 bits per heavy atom. The molecule has 1 saturated heterocycles. The minimum absolute atomic E-state index is 0.160. The fourth-order valence-electron chi connectivity index (χ4n) is 3.13. The number of hydrogen-bond donors (Lipinski definition) is 1. The van der Waals surface area contributed by atoms with E-state index in [0.717, 1.165) is 41.8 Å². The number of amides is 1. The first-order chi connectivity index (χ1) is 9.16. The van der Waals surface area contributed by atoms with Crippen molar-refractivity contribution in [3.8, 4) is 0 Å². The number of fused-ring (bicyclic) bond motifs is 1. The molecule has 1 aromatic heterocycles. The summed E-state index contributed by atoms with van der Waals surface area (Å²) in [5, 5.41) is 1.10. The lowest BCUT2D eigenvalue weighted by Crippen LogP contribution is -2.44. The Kier molecular flexibility index (Phi) is 3.05. The van der Waals surface area contributed by atoms with Crippen LogP contribution in [0.1, 0.15) is 37.0 Å². The molecule has 1 fully saturated rings. The van der Waals surface area contributed by atoms with E-state index in [1.807, 2.05) is 35.4 Å². The van der Waals surface area contributed by atoms with Gasteiger partial charge in [-0.1, -0.05) is 19.1 Å². The van der Waals surface area contributed by atoms with Crippen LogP contribution in [-0.4, -0.2) is 28.4 Å². The van der Waals surface area contributed by atoms with E-state index in [2.05, 4.69) is 18.8 Å². The standard InChI is InChI=1S/C16H20N2O/c1-11-7-9-18(12(2)10-11)16(19)14-5-3-4-13-6-8-17-15(13)14/h3-6,8,11-12,17H,7,9-10H2,1-2H3. The molecule has 0 aliphatic carbocycles. The zero-order valence-corrected chi connectivity index (χ0v) is 11.5. The van der Waals surface area contributed by atoms with Gasteiger partial charge in [-0.05, 0) is 37.8 Å². The van der Waals surface area contributed by atoms with Crippen molar-refractivity contribution in [3.63, 3.8) is 0 Å². The molecule has 2 heterocycles. The molecule has 0 bridgehead atoms. The van der Waals surface area contributed by atoms with Gasteiger partial charge in [-0.3, -0.25) is 4.79 Å². The number of aromatic nitrogens is 1. The lowest BCUT2D eigenvalue weighted by Gasteiger charge is -2.36. The molecule has 3 heteroatoms. The van der Waals surface area contributed by atoms with Gasteiger partial charge in [-0.25, -0.2) is 0 Å². The minimum atomic E-state index is 0.160. The largest absolute Gasteiger partial charge is 0.361 e. The van der Waals surface area contributed by atoms with Gasteiger partial charge >= 0.3 is 0 Å². The van der Waals surface area contributed by atoms with E-state index in [1.54, 1.807) is 0 Å². The van der Waals surface area contributed by atoms with Crippen molar-refractivity contribution in [2.24, 2.45) is 5.92 Å². The van der Waals surface area contributed by atoms with Gasteiger partial charge in [0.05, 0.1) is 11.1 Å². The fraction of sp³-hybridized carbons (Fsp3) is 0.438. The zero-order valence-electron chi connectivity index (χ0n) is 11.5. The van der Waals surface area contributed by atoms with E-state index >= 15 is 0 Å². The van der Waals surface area contributed by atoms with E-state index in [9.17, 15) is 4.79 Å². The van der Waals surface area contributed by atoms with Crippen LogP contribution in [0.25, 0.3) is 10.9 Å². The first kappa shape index (κ1) is 12.3. The number of likely N-dealkylation sites (tertiary alicyclic amines) is 1. The summed E-state index contributed by atoms with van der Waals surface area (Å²) in [6.07, 6.45) is 4.10. The molecule has 3 nitrogen and oxygen atoms in total. The molecule has 1 amide bonds. The van der Waals surface area contributed by atoms with Crippen LogP contribution in [0.3, 0.4) is 0 Å². The SMILES string of the molecule is CC1CCN(C(=O)c2cccc3cc[nH]c23)C(C)C1. The van der Waals surface area contributed by atoms with Gasteiger partial charge < -0.3 is 9.88 Å². The second-order valence-electron chi connectivity index (χ2n) is 5.72. The predicted octanol–water partition coefficient (Wildman–Crippen LogP) is 3.43. The smallest absolute Gasteiger partial charge is 0.256 e. The summed E-state index contributed by atoms with van der Waals surface area (Å²) in [6, 6.07) is 8.26. The molecule has 1 aromatic carbocycles. The molecule has 3 rings (SSSR count). The van der Waals surface area contributed by atoms with Crippen LogP contribution < -0.4 is 0 Å². The van der Waals surface area contributed by atoms with Gasteiger partial charge in [0.15, 0.2) is 0 Å². The first-order valence-corrected chi connectivity index (χ1v) is 7.04. The molecule has 0 saturated carbocycles. The summed E-state index contributed by atoms with van der Waals surface area (Å²) in [4.78, 5) is 17.9. The molecule has 19 heavy (non-hydrogen) atoms. The van der Waals surface area contributed by atoms with Crippen molar-refractivity contribution >= 4 is 16.8 Å². The van der Waals surface area contributed by atoms with Gasteiger partial charge in [0, 0.05) is 24.2 Å². The Hall–Kier alpha value is -1.77. The maximum absolute atomic E-state index is 12.7. The third-order valence-corrected chi connectivity index (χ3v) is 4.22. The van der Waals surface area contributed by atoms with Crippen LogP contribution in [0.2, 0.25) is 0 Å². The molecule has 1 aliphatic heterocycles. The monoisotopic (exact) mass is 256 g/mol. The molecule has 0 spiro atoms. The number of piperidine rings is 1. The number of carbonyl (C=O) groups excluding carboxylic acids is 1. The third-order valence-electron chi connectivity index (χ3n) is 4.22. The second-order valence-corrected chi connectivity index (χ2v) is 5.72. The highest BCUT2D eigenvalue weighted by atomic mass is 16.2. The Balaban J connectivity index is 1.93. The van der Waals surface area contributed by atoms with Gasteiger partial charge in [0.1, 0.15) is 0 Å². The average Bonchev–Trinajstić information content (AvgIpc) is 2.86. The number of nitrogens with one attached hydrogen (secondary N) is 1. The number of rotatable bonds is 1. The summed E-state index contributed by atoms with van der Waals surface area (Å²) in [5.74, 6) is 0.882. The Bertz CT molecular complexity index is 602. The van der Waals surface area contributed by atoms with E-state index < -0.39 is 0 Å². The number of H-pyrrole nitrogens is 1. The lowest BCUT2D eigenvalue weighted by atomic mass is 9.92. The Morgan fingerprint density at radius 2 is 2.16 bits per heavy atom. The van der Waals surface area contributed by atoms with Crippen LogP contribution in [0, 0.1) is 5.92 Å². The number of carbonyl (C=O) groups is 1. The number of para-hydroxylation sites is 1. The van der Waals surface area contributed by atoms with Crippen LogP contribution in [-0.2, 0) is 0 Å². The van der Waals surface area contributed by atoms with Crippen LogP contribution >= 0.6 is 0 Å². The van der Waals surface area contributed by atoms with Gasteiger partial charge in [0.2, 0.25) is 0 Å². The van der Waals surface area contributed by atoms with Crippen molar-refractivity contribution in [3.05, 3.63) is 36.0 Å². The first-order valence-electron chi connectivity index (χ1n) is 7.04. The van der Waals surface area contributed by atoms with Gasteiger partial charge in [0.25, 0.3) is 5.91 Å². The zero-order chi connectivity index (χ0) is 13.4. The number of aromatic amines is 1. The summed E-state index contributed by atoms with van der Waals surface area (Å²) >= 11 is 0. The topological polar surface area (TPSA) is 36.1 Å². The highest BCUT2D eigenvalue weighted by Crippen LogP contribution is 2.26. The maximum Gasteiger partial charge on any atom is 0.256 e. The summed E-state index contributed by atoms with van der Waals surface area (Å²) in [6.45, 7) is 5.30. The molecular formula is C16H20N2O. The maximum atomic E-state index is 12.7. The second kappa shape index (κ2) is 4.72. The summed E-state index contributed by atoms with van der Waals surface area (Å²) in [5.41, 5.74) is 1.75. The van der Waals surface area contributed by atoms with E-state index in [4.69, 9.17) is 0 Å². The number of benzene rings is 1. The van der Waals surface area contributed by atoms with Crippen molar-refractivity contribution < 1.29 is 4.79 Å². The highest BCUT2D eigenvalue weighted by Gasteiger charge is 2.28. The molecule has 1 aliphatic rings. The van der Waals surface area contributed by atoms with Crippen molar-refractivity contribution in [1.29, 1.82) is 0 Å². The van der Waals surface area contributed by atoms with E-state index in [1.165, 1.54) is 0 Å². The predicted molar refractivity (Wildman–Crippen MR) is 77.2 cm³/mol. The number of hydrogen-bond acceptors (Lipinski definition) is 1. The summed E-state index contributed by atoms with van der Waals surface area (Å²) < 4.78 is 0. The van der Waals surface area contributed by atoms with E-state index in [0.29, 0.717) is 6.04 Å². The molecule has 2 aromatic rings. The summed E-state index contributed by atoms with van der Waals surface area (Å²) in [7, 11) is 0. The molecule has 2 atom stereocenters. The van der Waals surface area contributed by atoms with E-state index in [-0.39, 0.29) is 5.91 Å². The van der Waals surface area contributed by atoms with Crippen LogP contribution in [0.5, 0.6) is 0 Å². The highest BCUT2D eigenvalue weighted by molar-refractivity contribution is 6.05. The van der Waals surface area contributed by atoms with Gasteiger partial charge in [-0.15, -0.1) is 0 Å². The molecule has 0 radical (unpaired) electrons. The quantitative estimate of drug-likeness (QED) is 0.833. The Labute approximate surface area is 113 Å². The van der Waals surface area contributed by atoms with Crippen molar-refractivity contribution in [2.45, 2.75) is 32.7 Å². The lowest BCUT2D eigenvalue weighted by molar-refractivity contribution is 0.0590. The Morgan fingerprint density at radius 3 is 2.95 bits per heavy atom. The number of nitrogens with zero attached hydrogens (tertiary/aromatic N) is 1. The third kappa shape index (κ3) is 2.14. The fourth-order valence-corrected chi connectivity index (χ4v) is 3.13. The minimum Gasteiger partial charge on any atom is -0.361 e. The molecule has 2 unspecified atom stereocenters. The van der Waals surface area contributed by atoms with Crippen LogP contribution in [0.4, 0.5) is 0 Å². The molecule has 1 N–H and O–H groups in total. The van der Waals surface area contributed by atoms with Crippen molar-refractivity contribution in [1.82, 2.24) is 9.88 Å². The molecular weight excluding hydrogens is 236 g/mol.